The van der Waals surface area contributed by atoms with Gasteiger partial charge < -0.3 is 14.8 Å². The number of alkyl carbamates (subject to hydrolysis) is 1. The highest BCUT2D eigenvalue weighted by Gasteiger charge is 2.43. The molecule has 2 unspecified atom stereocenters. The molecule has 10 heteroatoms. The highest BCUT2D eigenvalue weighted by Crippen LogP contribution is 2.31. The highest BCUT2D eigenvalue weighted by molar-refractivity contribution is 7.89. The van der Waals surface area contributed by atoms with Crippen LogP contribution in [0.2, 0.25) is 0 Å². The number of ether oxygens (including phenoxy) is 2. The van der Waals surface area contributed by atoms with Crippen molar-refractivity contribution in [3.63, 3.8) is 0 Å². The topological polar surface area (TPSA) is 112 Å². The normalized spacial score (nSPS) is 22.8. The Morgan fingerprint density at radius 1 is 1.27 bits per heavy atom. The van der Waals surface area contributed by atoms with Crippen LogP contribution in [0.25, 0.3) is 0 Å². The van der Waals surface area contributed by atoms with E-state index < -0.39 is 16.1 Å². The zero-order chi connectivity index (χ0) is 21.7. The average molecular weight is 437 g/mol. The molecule has 2 bridgehead atoms. The predicted octanol–water partition coefficient (Wildman–Crippen LogP) is 1.16. The molecule has 1 aromatic rings. The summed E-state index contributed by atoms with van der Waals surface area (Å²) < 4.78 is 36.7. The molecule has 1 amide bonds. The second-order valence-corrected chi connectivity index (χ2v) is 9.84. The van der Waals surface area contributed by atoms with Crippen molar-refractivity contribution in [1.82, 2.24) is 14.5 Å². The van der Waals surface area contributed by atoms with Crippen molar-refractivity contribution in [3.8, 4) is 11.8 Å². The van der Waals surface area contributed by atoms with Crippen molar-refractivity contribution < 1.29 is 22.7 Å². The smallest absolute Gasteiger partial charge is 0.407 e. The summed E-state index contributed by atoms with van der Waals surface area (Å²) in [5.74, 6) is 0.713. The van der Waals surface area contributed by atoms with Crippen molar-refractivity contribution in [2.24, 2.45) is 0 Å². The van der Waals surface area contributed by atoms with E-state index in [9.17, 15) is 13.2 Å². The van der Waals surface area contributed by atoms with Crippen molar-refractivity contribution >= 4 is 16.1 Å². The lowest BCUT2D eigenvalue weighted by atomic mass is 10.1. The van der Waals surface area contributed by atoms with Crippen LogP contribution in [-0.4, -0.2) is 80.9 Å². The number of nitrogens with one attached hydrogen (secondary N) is 1. The maximum Gasteiger partial charge on any atom is 0.407 e. The van der Waals surface area contributed by atoms with Gasteiger partial charge in [0.25, 0.3) is 0 Å². The quantitative estimate of drug-likeness (QED) is 0.651. The number of nitrogens with zero attached hydrogens (tertiary/aromatic N) is 3. The number of nitriles is 1. The van der Waals surface area contributed by atoms with Gasteiger partial charge in [-0.3, -0.25) is 4.90 Å². The van der Waals surface area contributed by atoms with E-state index in [2.05, 4.69) is 16.3 Å². The Hall–Kier alpha value is -2.35. The van der Waals surface area contributed by atoms with Gasteiger partial charge >= 0.3 is 6.09 Å². The third kappa shape index (κ3) is 5.22. The van der Waals surface area contributed by atoms with Gasteiger partial charge in [0.1, 0.15) is 12.4 Å². The number of piperazine rings is 1. The fraction of sp³-hybridized carbons (Fsp3) is 0.600. The molecule has 1 N–H and O–H groups in total. The Morgan fingerprint density at radius 3 is 2.43 bits per heavy atom. The second-order valence-electron chi connectivity index (χ2n) is 7.58. The lowest BCUT2D eigenvalue weighted by Gasteiger charge is -2.41. The lowest BCUT2D eigenvalue weighted by Crippen LogP contribution is -2.59. The maximum absolute atomic E-state index is 12.3. The van der Waals surface area contributed by atoms with Crippen LogP contribution in [0, 0.1) is 11.3 Å². The van der Waals surface area contributed by atoms with E-state index in [1.54, 1.807) is 35.5 Å². The molecule has 1 aromatic carbocycles. The predicted molar refractivity (Wildman–Crippen MR) is 111 cm³/mol. The molecule has 2 aliphatic heterocycles. The number of carbonyl (C=O) groups excluding carboxylic acids is 1. The summed E-state index contributed by atoms with van der Waals surface area (Å²) in [4.78, 5) is 14.1. The Morgan fingerprint density at radius 2 is 1.90 bits per heavy atom. The van der Waals surface area contributed by atoms with Gasteiger partial charge in [0.2, 0.25) is 10.0 Å². The average Bonchev–Trinajstić information content (AvgIpc) is 2.98. The first-order valence-corrected chi connectivity index (χ1v) is 11.7. The van der Waals surface area contributed by atoms with Gasteiger partial charge in [0.15, 0.2) is 0 Å². The molecule has 3 rings (SSSR count). The summed E-state index contributed by atoms with van der Waals surface area (Å²) in [6.45, 7) is 3.40. The zero-order valence-corrected chi connectivity index (χ0v) is 18.1. The Balaban J connectivity index is 1.65. The summed E-state index contributed by atoms with van der Waals surface area (Å²) in [6.07, 6.45) is 1.33. The van der Waals surface area contributed by atoms with Crippen molar-refractivity contribution in [1.29, 1.82) is 5.26 Å². The zero-order valence-electron chi connectivity index (χ0n) is 17.3. The molecule has 2 saturated heterocycles. The molecular formula is C20H28N4O5S. The molecular weight excluding hydrogens is 408 g/mol. The largest absolute Gasteiger partial charge is 0.491 e. The minimum Gasteiger partial charge on any atom is -0.491 e. The number of rotatable bonds is 8. The first kappa shape index (κ1) is 22.3. The third-order valence-corrected chi connectivity index (χ3v) is 7.55. The molecule has 2 aliphatic rings. The molecule has 164 valence electrons. The summed E-state index contributed by atoms with van der Waals surface area (Å²) >= 11 is 0. The Kier molecular flexibility index (Phi) is 7.18. The van der Waals surface area contributed by atoms with E-state index in [-0.39, 0.29) is 30.5 Å². The van der Waals surface area contributed by atoms with E-state index in [4.69, 9.17) is 14.7 Å². The SMILES string of the molecule is CCS(=O)(=O)N1CC2CCC(C1)N2C[C@@H](COc1ccc(C#N)cc1)NC(=O)OC. The Labute approximate surface area is 177 Å². The van der Waals surface area contributed by atoms with Gasteiger partial charge in [-0.2, -0.15) is 9.57 Å². The van der Waals surface area contributed by atoms with E-state index >= 15 is 0 Å². The van der Waals surface area contributed by atoms with Gasteiger partial charge in [0.05, 0.1) is 30.5 Å². The van der Waals surface area contributed by atoms with E-state index in [1.807, 2.05) is 0 Å². The van der Waals surface area contributed by atoms with Gasteiger partial charge in [-0.25, -0.2) is 13.2 Å². The summed E-state index contributed by atoms with van der Waals surface area (Å²) in [6, 6.07) is 8.76. The van der Waals surface area contributed by atoms with Gasteiger partial charge in [0, 0.05) is 31.7 Å². The van der Waals surface area contributed by atoms with E-state index in [0.717, 1.165) is 12.8 Å². The van der Waals surface area contributed by atoms with Crippen LogP contribution in [-0.2, 0) is 14.8 Å². The minimum absolute atomic E-state index is 0.109. The van der Waals surface area contributed by atoms with Crippen LogP contribution in [0.4, 0.5) is 4.79 Å². The van der Waals surface area contributed by atoms with Crippen molar-refractivity contribution in [3.05, 3.63) is 29.8 Å². The second kappa shape index (κ2) is 9.64. The number of benzene rings is 1. The van der Waals surface area contributed by atoms with Crippen LogP contribution in [0.15, 0.2) is 24.3 Å². The van der Waals surface area contributed by atoms with Gasteiger partial charge in [-0.05, 0) is 44.0 Å². The number of hydrogen-bond acceptors (Lipinski definition) is 7. The molecule has 30 heavy (non-hydrogen) atoms. The molecule has 9 nitrogen and oxygen atoms in total. The maximum atomic E-state index is 12.3. The fourth-order valence-electron chi connectivity index (χ4n) is 4.10. The highest BCUT2D eigenvalue weighted by atomic mass is 32.2. The number of sulfonamides is 1. The number of hydrogen-bond donors (Lipinski definition) is 1. The minimum atomic E-state index is -3.20. The van der Waals surface area contributed by atoms with Crippen molar-refractivity contribution in [2.75, 3.05) is 39.1 Å². The molecule has 0 aliphatic carbocycles. The molecule has 0 spiro atoms. The number of carbonyl (C=O) groups is 1. The molecule has 0 saturated carbocycles. The van der Waals surface area contributed by atoms with Crippen LogP contribution >= 0.6 is 0 Å². The van der Waals surface area contributed by atoms with E-state index in [0.29, 0.717) is 30.9 Å². The first-order chi connectivity index (χ1) is 14.4. The molecule has 3 atom stereocenters. The first-order valence-electron chi connectivity index (χ1n) is 10.1. The summed E-state index contributed by atoms with van der Waals surface area (Å²) in [5, 5.41) is 11.7. The number of fused-ring (bicyclic) bond motifs is 2. The summed E-state index contributed by atoms with van der Waals surface area (Å²) in [7, 11) is -1.89. The van der Waals surface area contributed by atoms with Gasteiger partial charge in [-0.1, -0.05) is 0 Å². The lowest BCUT2D eigenvalue weighted by molar-refractivity contribution is 0.0859. The fourth-order valence-corrected chi connectivity index (χ4v) is 5.27. The Bertz CT molecular complexity index is 869. The molecule has 0 aromatic heterocycles. The van der Waals surface area contributed by atoms with Crippen LogP contribution in [0.5, 0.6) is 5.75 Å². The van der Waals surface area contributed by atoms with Gasteiger partial charge in [-0.15, -0.1) is 0 Å². The summed E-state index contributed by atoms with van der Waals surface area (Å²) in [5.41, 5.74) is 0.545. The standard InChI is InChI=1S/C20H28N4O5S/c1-3-30(26,27)23-12-17-6-7-18(13-23)24(17)11-16(22-20(25)28-2)14-29-19-8-4-15(10-21)5-9-19/h4-5,8-9,16-18H,3,6-7,11-14H2,1-2H3,(H,22,25)/t16-,17?,18?/m0/s1. The molecule has 0 radical (unpaired) electrons. The third-order valence-electron chi connectivity index (χ3n) is 5.73. The number of methoxy groups -OCH3 is 1. The van der Waals surface area contributed by atoms with Crippen LogP contribution < -0.4 is 10.1 Å². The van der Waals surface area contributed by atoms with E-state index in [1.165, 1.54) is 7.11 Å². The van der Waals surface area contributed by atoms with Crippen LogP contribution in [0.3, 0.4) is 0 Å². The number of amides is 1. The van der Waals surface area contributed by atoms with Crippen LogP contribution in [0.1, 0.15) is 25.3 Å². The van der Waals surface area contributed by atoms with Crippen molar-refractivity contribution in [2.45, 2.75) is 37.9 Å². The molecule has 2 heterocycles. The molecule has 2 fully saturated rings. The monoisotopic (exact) mass is 436 g/mol.